The summed E-state index contributed by atoms with van der Waals surface area (Å²) in [6.07, 6.45) is 3.53. The van der Waals surface area contributed by atoms with Gasteiger partial charge in [-0.25, -0.2) is 14.3 Å². The molecule has 0 N–H and O–H groups in total. The van der Waals surface area contributed by atoms with Crippen molar-refractivity contribution in [2.75, 3.05) is 7.11 Å². The van der Waals surface area contributed by atoms with Gasteiger partial charge in [0.2, 0.25) is 0 Å². The number of imidazole rings is 1. The van der Waals surface area contributed by atoms with Crippen LogP contribution in [0.1, 0.15) is 12.6 Å². The summed E-state index contributed by atoms with van der Waals surface area (Å²) in [5.41, 5.74) is 0.885. The number of aromatic nitrogens is 2. The predicted octanol–water partition coefficient (Wildman–Crippen LogP) is 1.06. The summed E-state index contributed by atoms with van der Waals surface area (Å²) in [5.74, 6) is 0. The molecular weight excluding hydrogens is 144 g/mol. The maximum absolute atomic E-state index is 10.8. The Bertz CT molecular complexity index is 255. The molecule has 1 heterocycles. The van der Waals surface area contributed by atoms with Crippen LogP contribution in [0.15, 0.2) is 12.5 Å². The molecular formula is C7H10N2O2. The number of carbonyl (C=O) groups is 1. The molecule has 0 saturated heterocycles. The molecule has 0 bridgehead atoms. The van der Waals surface area contributed by atoms with Gasteiger partial charge in [0.05, 0.1) is 12.8 Å². The molecule has 0 fully saturated rings. The summed E-state index contributed by atoms with van der Waals surface area (Å²) in [4.78, 5) is 14.8. The fourth-order valence-corrected chi connectivity index (χ4v) is 0.751. The van der Waals surface area contributed by atoms with Crippen LogP contribution in [0.5, 0.6) is 0 Å². The molecule has 11 heavy (non-hydrogen) atoms. The molecule has 4 nitrogen and oxygen atoms in total. The van der Waals surface area contributed by atoms with Gasteiger partial charge in [-0.2, -0.15) is 0 Å². The Morgan fingerprint density at radius 2 is 2.55 bits per heavy atom. The monoisotopic (exact) mass is 154 g/mol. The summed E-state index contributed by atoms with van der Waals surface area (Å²) >= 11 is 0. The molecule has 1 rings (SSSR count). The van der Waals surface area contributed by atoms with Crippen molar-refractivity contribution >= 4 is 6.09 Å². The highest BCUT2D eigenvalue weighted by Gasteiger charge is 2.03. The van der Waals surface area contributed by atoms with Crippen molar-refractivity contribution in [3.05, 3.63) is 18.2 Å². The Morgan fingerprint density at radius 3 is 3.00 bits per heavy atom. The molecule has 0 aliphatic rings. The quantitative estimate of drug-likeness (QED) is 0.607. The van der Waals surface area contributed by atoms with Crippen molar-refractivity contribution < 1.29 is 9.53 Å². The summed E-state index contributed by atoms with van der Waals surface area (Å²) in [6, 6.07) is 0. The van der Waals surface area contributed by atoms with Gasteiger partial charge in [-0.1, -0.05) is 6.92 Å². The summed E-state index contributed by atoms with van der Waals surface area (Å²) in [5, 5.41) is 0. The molecule has 0 aliphatic carbocycles. The van der Waals surface area contributed by atoms with Gasteiger partial charge in [-0.3, -0.25) is 0 Å². The van der Waals surface area contributed by atoms with Crippen LogP contribution in [0.2, 0.25) is 0 Å². The minimum absolute atomic E-state index is 0.405. The Hall–Kier alpha value is -1.32. The zero-order valence-electron chi connectivity index (χ0n) is 6.57. The van der Waals surface area contributed by atoms with E-state index in [9.17, 15) is 4.79 Å². The van der Waals surface area contributed by atoms with Crippen molar-refractivity contribution in [1.82, 2.24) is 9.55 Å². The number of nitrogens with zero attached hydrogens (tertiary/aromatic N) is 2. The van der Waals surface area contributed by atoms with Crippen LogP contribution in [-0.2, 0) is 11.2 Å². The van der Waals surface area contributed by atoms with Gasteiger partial charge in [-0.15, -0.1) is 0 Å². The first-order chi connectivity index (χ1) is 5.27. The first kappa shape index (κ1) is 7.78. The highest BCUT2D eigenvalue weighted by molar-refractivity contribution is 5.69. The third-order valence-electron chi connectivity index (χ3n) is 1.38. The van der Waals surface area contributed by atoms with Gasteiger partial charge >= 0.3 is 6.09 Å². The van der Waals surface area contributed by atoms with Crippen LogP contribution in [0.4, 0.5) is 4.79 Å². The minimum Gasteiger partial charge on any atom is -0.452 e. The standard InChI is InChI=1S/C7H10N2O2/c1-3-6-4-9(5-8-6)7(10)11-2/h4-5H,3H2,1-2H3. The van der Waals surface area contributed by atoms with E-state index in [1.807, 2.05) is 6.92 Å². The van der Waals surface area contributed by atoms with Crippen molar-refractivity contribution in [3.63, 3.8) is 0 Å². The third-order valence-corrected chi connectivity index (χ3v) is 1.38. The molecule has 0 aromatic carbocycles. The van der Waals surface area contributed by atoms with E-state index in [0.29, 0.717) is 0 Å². The zero-order chi connectivity index (χ0) is 8.27. The first-order valence-corrected chi connectivity index (χ1v) is 3.39. The minimum atomic E-state index is -0.405. The van der Waals surface area contributed by atoms with Gasteiger partial charge in [0.25, 0.3) is 0 Å². The van der Waals surface area contributed by atoms with Gasteiger partial charge < -0.3 is 4.74 Å². The summed E-state index contributed by atoms with van der Waals surface area (Å²) < 4.78 is 5.80. The largest absolute Gasteiger partial charge is 0.452 e. The van der Waals surface area contributed by atoms with E-state index >= 15 is 0 Å². The van der Waals surface area contributed by atoms with E-state index in [0.717, 1.165) is 12.1 Å². The Kier molecular flexibility index (Phi) is 2.25. The molecule has 0 unspecified atom stereocenters. The highest BCUT2D eigenvalue weighted by atomic mass is 16.5. The van der Waals surface area contributed by atoms with Crippen LogP contribution in [0.3, 0.4) is 0 Å². The number of hydrogen-bond donors (Lipinski definition) is 0. The number of methoxy groups -OCH3 is 1. The lowest BCUT2D eigenvalue weighted by molar-refractivity contribution is 0.173. The lowest BCUT2D eigenvalue weighted by Gasteiger charge is -1.95. The van der Waals surface area contributed by atoms with Crippen LogP contribution in [0.25, 0.3) is 0 Å². The maximum Gasteiger partial charge on any atom is 0.418 e. The first-order valence-electron chi connectivity index (χ1n) is 3.39. The number of ether oxygens (including phenoxy) is 1. The molecule has 0 spiro atoms. The van der Waals surface area contributed by atoms with Gasteiger partial charge in [0, 0.05) is 6.20 Å². The molecule has 0 amide bonds. The summed E-state index contributed by atoms with van der Waals surface area (Å²) in [7, 11) is 1.34. The molecule has 1 aromatic heterocycles. The van der Waals surface area contributed by atoms with Gasteiger partial charge in [0.15, 0.2) is 0 Å². The van der Waals surface area contributed by atoms with E-state index in [2.05, 4.69) is 9.72 Å². The fourth-order valence-electron chi connectivity index (χ4n) is 0.751. The van der Waals surface area contributed by atoms with E-state index in [1.54, 1.807) is 6.20 Å². The van der Waals surface area contributed by atoms with E-state index < -0.39 is 6.09 Å². The predicted molar refractivity (Wildman–Crippen MR) is 39.4 cm³/mol. The second-order valence-electron chi connectivity index (χ2n) is 2.10. The number of carbonyl (C=O) groups excluding carboxylic acids is 1. The van der Waals surface area contributed by atoms with Gasteiger partial charge in [-0.05, 0) is 6.42 Å². The normalized spacial score (nSPS) is 9.64. The lowest BCUT2D eigenvalue weighted by atomic mass is 10.4. The SMILES string of the molecule is CCc1cn(C(=O)OC)cn1. The molecule has 0 atom stereocenters. The van der Waals surface area contributed by atoms with Crippen LogP contribution in [-0.4, -0.2) is 22.8 Å². The number of rotatable bonds is 1. The van der Waals surface area contributed by atoms with Crippen molar-refractivity contribution in [2.45, 2.75) is 13.3 Å². The molecule has 0 saturated carbocycles. The second kappa shape index (κ2) is 3.18. The highest BCUT2D eigenvalue weighted by Crippen LogP contribution is 1.96. The summed E-state index contributed by atoms with van der Waals surface area (Å²) in [6.45, 7) is 1.98. The average Bonchev–Trinajstić information content (AvgIpc) is 2.50. The maximum atomic E-state index is 10.8. The Balaban J connectivity index is 2.80. The lowest BCUT2D eigenvalue weighted by Crippen LogP contribution is -2.08. The van der Waals surface area contributed by atoms with Crippen LogP contribution >= 0.6 is 0 Å². The van der Waals surface area contributed by atoms with E-state index in [4.69, 9.17) is 0 Å². The molecule has 0 radical (unpaired) electrons. The van der Waals surface area contributed by atoms with Gasteiger partial charge in [0.1, 0.15) is 6.33 Å². The number of aryl methyl sites for hydroxylation is 1. The van der Waals surface area contributed by atoms with Crippen LogP contribution in [0, 0.1) is 0 Å². The fraction of sp³-hybridized carbons (Fsp3) is 0.429. The van der Waals surface area contributed by atoms with Crippen molar-refractivity contribution in [2.24, 2.45) is 0 Å². The third kappa shape index (κ3) is 1.58. The Morgan fingerprint density at radius 1 is 1.82 bits per heavy atom. The van der Waals surface area contributed by atoms with E-state index in [1.165, 1.54) is 18.0 Å². The topological polar surface area (TPSA) is 44.1 Å². The zero-order valence-corrected chi connectivity index (χ0v) is 6.57. The second-order valence-corrected chi connectivity index (χ2v) is 2.10. The smallest absolute Gasteiger partial charge is 0.418 e. The number of hydrogen-bond acceptors (Lipinski definition) is 3. The Labute approximate surface area is 64.8 Å². The molecule has 1 aromatic rings. The van der Waals surface area contributed by atoms with E-state index in [-0.39, 0.29) is 0 Å². The molecule has 4 heteroatoms. The average molecular weight is 154 g/mol. The van der Waals surface area contributed by atoms with Crippen LogP contribution < -0.4 is 0 Å². The van der Waals surface area contributed by atoms with Crippen molar-refractivity contribution in [3.8, 4) is 0 Å². The molecule has 60 valence electrons. The molecule has 0 aliphatic heterocycles. The van der Waals surface area contributed by atoms with Crippen molar-refractivity contribution in [1.29, 1.82) is 0 Å².